The van der Waals surface area contributed by atoms with E-state index >= 15 is 33.6 Å². The number of hydrogen-bond donors (Lipinski definition) is 3. The number of carbonyl (C=O) groups is 12. The fraction of sp³-hybridized carbons (Fsp3) is 0.818. The van der Waals surface area contributed by atoms with E-state index in [4.69, 9.17) is 4.74 Å². The third kappa shape index (κ3) is 20.9. The number of nitrogens with zero attached hydrogens (tertiary/aromatic N) is 9. The maximum Gasteiger partial charge on any atom is 0.394 e. The Kier molecular flexibility index (Phi) is 30.7. The maximum absolute atomic E-state index is 15.7. The second-order valence-electron chi connectivity index (χ2n) is 32.5. The first-order valence-electron chi connectivity index (χ1n) is 39.1. The molecule has 12 amide bonds. The number of carbonyl (C=O) groups excluding carboxylic acids is 12. The van der Waals surface area contributed by atoms with Gasteiger partial charge in [0.05, 0.1) is 31.5 Å². The lowest BCUT2D eigenvalue weighted by Gasteiger charge is -2.47. The number of rotatable bonds is 14. The molecule has 2 bridgehead atoms. The molecule has 592 valence electrons. The summed E-state index contributed by atoms with van der Waals surface area (Å²) >= 11 is 0. The lowest BCUT2D eigenvalue weighted by molar-refractivity contribution is -0.215. The molecular formula is C77H125F3N12O13. The summed E-state index contributed by atoms with van der Waals surface area (Å²) in [7, 11) is 9.95. The first-order chi connectivity index (χ1) is 49.5. The average Bonchev–Trinajstić information content (AvgIpc) is 1.72. The highest BCUT2D eigenvalue weighted by molar-refractivity contribution is 6.01. The van der Waals surface area contributed by atoms with Gasteiger partial charge in [0.25, 0.3) is 0 Å². The van der Waals surface area contributed by atoms with E-state index in [1.165, 1.54) is 93.5 Å². The fourth-order valence-corrected chi connectivity index (χ4v) is 17.4. The first-order valence-corrected chi connectivity index (χ1v) is 39.1. The summed E-state index contributed by atoms with van der Waals surface area (Å²) in [5.74, 6) is -10.4. The predicted molar refractivity (Wildman–Crippen MR) is 389 cm³/mol. The van der Waals surface area contributed by atoms with Crippen molar-refractivity contribution in [1.29, 1.82) is 0 Å². The van der Waals surface area contributed by atoms with Crippen LogP contribution in [0.5, 0.6) is 0 Å². The number of ether oxygens (including phenoxy) is 1. The molecule has 3 heterocycles. The zero-order valence-corrected chi connectivity index (χ0v) is 65.4. The highest BCUT2D eigenvalue weighted by atomic mass is 19.4. The highest BCUT2D eigenvalue weighted by Gasteiger charge is 2.54. The van der Waals surface area contributed by atoms with E-state index in [0.717, 1.165) is 38.5 Å². The molecule has 25 nitrogen and oxygen atoms in total. The van der Waals surface area contributed by atoms with Gasteiger partial charge < -0.3 is 64.8 Å². The molecule has 13 atom stereocenters. The number of alkyl halides is 3. The fourth-order valence-electron chi connectivity index (χ4n) is 17.4. The van der Waals surface area contributed by atoms with Gasteiger partial charge in [-0.15, -0.1) is 0 Å². The van der Waals surface area contributed by atoms with Crippen molar-refractivity contribution < 1.29 is 75.4 Å². The van der Waals surface area contributed by atoms with Crippen LogP contribution in [0.3, 0.4) is 0 Å². The molecule has 0 aromatic carbocycles. The SMILES string of the molecule is CC[C@H](C)[C@@H]1NC(=O)[C@H](CC(C)C)N(C)C(=O)C[C@@H](C(=O)N(CC)CC)N(C)C(=O)[C@H](C2CCCC2)N(C)C(=O)C2(CCC2)NC(=O)[C@@H]2C[C@H](C)CN2C(=O)[C@H](CCC2CCC(C(F)(F)F)C(OC)C2)NC(=O)CN(C)C(=O)[C@H](CC2CCC(C)CC2)N2CC/C=C\C[C@@H](C2=O)N(C)C(=O)CN(C)C1=O. The largest absolute Gasteiger partial charge is 0.394 e. The van der Waals surface area contributed by atoms with Gasteiger partial charge >= 0.3 is 6.18 Å². The van der Waals surface area contributed by atoms with Crippen LogP contribution >= 0.6 is 0 Å². The van der Waals surface area contributed by atoms with Crippen molar-refractivity contribution in [3.8, 4) is 0 Å². The smallest absolute Gasteiger partial charge is 0.381 e. The third-order valence-electron chi connectivity index (χ3n) is 24.6. The summed E-state index contributed by atoms with van der Waals surface area (Å²) in [6, 6.07) is -9.81. The topological polar surface area (TPSA) is 279 Å². The standard InChI is InChI=1S/C77H125F3N12O13/c1-16-50(8)65-73(102)85(10)46-64(95)86(11)56-27-20-19-23-38-91(72(56)101)60(41-51-30-28-48(6)29-31-51)70(99)84(9)45-62(93)81-55(35-33-52-32-34-54(77(78,79)80)61(42-52)105-15)69(98)92-44-49(7)40-58(92)68(97)83-76(36-24-37-76)75(104)89(14)66(53-25-21-22-26-53)74(103)88(13)59(71(100)90(17-2)18-3)43-63(94)87(12)57(39-47(4)5)67(96)82-65/h19-20,47-61,65-66H,16-18,21-46H2,1-15H3,(H,81,93)(H,82,96)(H,83,97)/b20-19-/t48?,49-,50-,51?,52?,54?,55-,56-,57-,58-,59-,60-,61?,65-,66-/m0/s1. The molecule has 6 fully saturated rings. The van der Waals surface area contributed by atoms with E-state index in [-0.39, 0.29) is 120 Å². The number of halogens is 3. The predicted octanol–water partition coefficient (Wildman–Crippen LogP) is 6.55. The summed E-state index contributed by atoms with van der Waals surface area (Å²) in [6.45, 7) is 14.4. The number of amides is 12. The van der Waals surface area contributed by atoms with E-state index in [1.807, 2.05) is 33.8 Å². The van der Waals surface area contributed by atoms with Crippen LogP contribution in [0, 0.1) is 47.3 Å². The number of methoxy groups -OCH3 is 1. The molecular weight excluding hydrogens is 1360 g/mol. The molecule has 105 heavy (non-hydrogen) atoms. The summed E-state index contributed by atoms with van der Waals surface area (Å²) < 4.78 is 48.3. The molecule has 4 aliphatic carbocycles. The summed E-state index contributed by atoms with van der Waals surface area (Å²) in [5.41, 5.74) is -1.54. The van der Waals surface area contributed by atoms with Crippen LogP contribution in [0.15, 0.2) is 12.2 Å². The van der Waals surface area contributed by atoms with Crippen molar-refractivity contribution in [2.45, 2.75) is 269 Å². The second kappa shape index (κ2) is 37.8. The lowest BCUT2D eigenvalue weighted by atomic mass is 9.74. The normalized spacial score (nSPS) is 31.7. The zero-order chi connectivity index (χ0) is 77.7. The van der Waals surface area contributed by atoms with E-state index in [1.54, 1.807) is 26.8 Å². The molecule has 7 aliphatic rings. The lowest BCUT2D eigenvalue weighted by Crippen LogP contribution is -2.68. The van der Waals surface area contributed by atoms with Gasteiger partial charge in [-0.3, -0.25) is 57.5 Å². The Balaban J connectivity index is 1.31. The monoisotopic (exact) mass is 1480 g/mol. The Bertz CT molecular complexity index is 3100. The Morgan fingerprint density at radius 2 is 1.29 bits per heavy atom. The van der Waals surface area contributed by atoms with Gasteiger partial charge in [-0.05, 0) is 152 Å². The molecule has 4 saturated carbocycles. The van der Waals surface area contributed by atoms with E-state index in [0.29, 0.717) is 38.0 Å². The molecule has 2 saturated heterocycles. The van der Waals surface area contributed by atoms with Crippen molar-refractivity contribution in [3.63, 3.8) is 0 Å². The minimum absolute atomic E-state index is 0.00717. The molecule has 1 spiro atoms. The van der Waals surface area contributed by atoms with Crippen molar-refractivity contribution in [2.75, 3.05) is 88.7 Å². The molecule has 0 radical (unpaired) electrons. The van der Waals surface area contributed by atoms with E-state index in [2.05, 4.69) is 22.9 Å². The number of hydrogen-bond acceptors (Lipinski definition) is 13. The van der Waals surface area contributed by atoms with Crippen LogP contribution in [0.1, 0.15) is 203 Å². The van der Waals surface area contributed by atoms with Gasteiger partial charge in [0, 0.05) is 75.6 Å². The Labute approximate surface area is 621 Å². The number of nitrogens with one attached hydrogen (secondary N) is 3. The van der Waals surface area contributed by atoms with Crippen LogP contribution in [0.2, 0.25) is 0 Å². The second-order valence-corrected chi connectivity index (χ2v) is 32.5. The van der Waals surface area contributed by atoms with Crippen molar-refractivity contribution in [2.24, 2.45) is 47.3 Å². The summed E-state index contributed by atoms with van der Waals surface area (Å²) in [6.07, 6.45) is 5.71. The molecule has 0 aromatic rings. The van der Waals surface area contributed by atoms with Crippen molar-refractivity contribution >= 4 is 70.9 Å². The Hall–Kier alpha value is -6.87. The van der Waals surface area contributed by atoms with Gasteiger partial charge in [0.15, 0.2) is 0 Å². The minimum Gasteiger partial charge on any atom is -0.381 e. The van der Waals surface area contributed by atoms with Gasteiger partial charge in [-0.1, -0.05) is 98.6 Å². The number of fused-ring (bicyclic) bond motifs is 3. The minimum atomic E-state index is -4.51. The average molecular weight is 1480 g/mol. The van der Waals surface area contributed by atoms with E-state index in [9.17, 15) is 37.1 Å². The van der Waals surface area contributed by atoms with Crippen molar-refractivity contribution in [3.05, 3.63) is 12.2 Å². The van der Waals surface area contributed by atoms with Gasteiger partial charge in [0.2, 0.25) is 70.9 Å². The van der Waals surface area contributed by atoms with E-state index < -0.39 is 174 Å². The third-order valence-corrected chi connectivity index (χ3v) is 24.6. The molecule has 28 heteroatoms. The van der Waals surface area contributed by atoms with Crippen LogP contribution in [-0.4, -0.2) is 270 Å². The Morgan fingerprint density at radius 1 is 0.648 bits per heavy atom. The molecule has 0 aromatic heterocycles. The summed E-state index contributed by atoms with van der Waals surface area (Å²) in [5, 5.41) is 8.90. The van der Waals surface area contributed by atoms with Gasteiger partial charge in [-0.25, -0.2) is 0 Å². The van der Waals surface area contributed by atoms with Gasteiger partial charge in [-0.2, -0.15) is 13.2 Å². The Morgan fingerprint density at radius 3 is 1.88 bits per heavy atom. The summed E-state index contributed by atoms with van der Waals surface area (Å²) in [4.78, 5) is 194. The van der Waals surface area contributed by atoms with Crippen LogP contribution in [0.25, 0.3) is 0 Å². The highest BCUT2D eigenvalue weighted by Crippen LogP contribution is 2.44. The van der Waals surface area contributed by atoms with Crippen LogP contribution < -0.4 is 16.0 Å². The quantitative estimate of drug-likeness (QED) is 0.156. The molecule has 3 unspecified atom stereocenters. The van der Waals surface area contributed by atoms with Gasteiger partial charge in [0.1, 0.15) is 53.9 Å². The molecule has 3 N–H and O–H groups in total. The molecule has 7 rings (SSSR count). The number of likely N-dealkylation sites (N-methyl/N-ethyl adjacent to an activating group) is 7. The zero-order valence-electron chi connectivity index (χ0n) is 65.4. The maximum atomic E-state index is 15.7. The van der Waals surface area contributed by atoms with Crippen molar-refractivity contribution in [1.82, 2.24) is 60.0 Å². The van der Waals surface area contributed by atoms with Crippen LogP contribution in [0.4, 0.5) is 13.2 Å². The van der Waals surface area contributed by atoms with Crippen LogP contribution in [-0.2, 0) is 62.3 Å². The first kappa shape index (κ1) is 85.4. The molecule has 3 aliphatic heterocycles.